The summed E-state index contributed by atoms with van der Waals surface area (Å²) in [5.41, 5.74) is 4.68. The van der Waals surface area contributed by atoms with Gasteiger partial charge in [-0.05, 0) is 37.1 Å². The van der Waals surface area contributed by atoms with Crippen LogP contribution in [0.3, 0.4) is 0 Å². The minimum atomic E-state index is 0.616. The maximum absolute atomic E-state index is 4.65. The number of hydrogen-bond acceptors (Lipinski definition) is 5. The van der Waals surface area contributed by atoms with Crippen molar-refractivity contribution in [3.63, 3.8) is 0 Å². The van der Waals surface area contributed by atoms with Gasteiger partial charge in [0, 0.05) is 49.5 Å². The van der Waals surface area contributed by atoms with Crippen LogP contribution in [0.15, 0.2) is 60.8 Å². The average Bonchev–Trinajstić information content (AvgIpc) is 3.13. The molecule has 6 nitrogen and oxygen atoms in total. The first-order chi connectivity index (χ1) is 14.1. The van der Waals surface area contributed by atoms with Gasteiger partial charge in [0.05, 0.1) is 0 Å². The lowest BCUT2D eigenvalue weighted by atomic mass is 10.1. The van der Waals surface area contributed by atoms with Crippen molar-refractivity contribution >= 4 is 34.2 Å². The van der Waals surface area contributed by atoms with E-state index in [1.165, 1.54) is 16.5 Å². The maximum Gasteiger partial charge on any atom is 0.226 e. The molecule has 148 valence electrons. The van der Waals surface area contributed by atoms with Gasteiger partial charge in [-0.2, -0.15) is 9.97 Å². The van der Waals surface area contributed by atoms with E-state index in [-0.39, 0.29) is 0 Å². The normalized spacial score (nSPS) is 10.9. The lowest BCUT2D eigenvalue weighted by molar-refractivity contribution is 0.975. The third kappa shape index (κ3) is 4.48. The van der Waals surface area contributed by atoms with E-state index in [9.17, 15) is 0 Å². The fraction of sp³-hybridized carbons (Fsp3) is 0.217. The van der Waals surface area contributed by atoms with Crippen molar-refractivity contribution in [2.45, 2.75) is 13.3 Å². The summed E-state index contributed by atoms with van der Waals surface area (Å²) in [7, 11) is 3.96. The molecule has 0 fully saturated rings. The van der Waals surface area contributed by atoms with Crippen molar-refractivity contribution in [3.8, 4) is 0 Å². The Bertz CT molecular complexity index is 1100. The van der Waals surface area contributed by atoms with E-state index in [0.717, 1.165) is 35.8 Å². The van der Waals surface area contributed by atoms with E-state index >= 15 is 0 Å². The number of H-pyrrole nitrogens is 1. The second-order valence-electron chi connectivity index (χ2n) is 7.36. The van der Waals surface area contributed by atoms with Crippen molar-refractivity contribution in [1.29, 1.82) is 0 Å². The fourth-order valence-electron chi connectivity index (χ4n) is 3.24. The molecule has 0 unspecified atom stereocenters. The highest BCUT2D eigenvalue weighted by molar-refractivity contribution is 5.83. The topological polar surface area (TPSA) is 68.9 Å². The Morgan fingerprint density at radius 1 is 1.00 bits per heavy atom. The Labute approximate surface area is 171 Å². The summed E-state index contributed by atoms with van der Waals surface area (Å²) in [6.07, 6.45) is 2.97. The van der Waals surface area contributed by atoms with E-state index in [4.69, 9.17) is 0 Å². The Morgan fingerprint density at radius 2 is 1.79 bits per heavy atom. The third-order valence-electron chi connectivity index (χ3n) is 4.85. The standard InChI is InChI=1S/C23H26N6/c1-16-8-10-18(11-9-16)26-21-14-22(29(2)3)28-23(27-21)24-13-12-17-15-25-20-7-5-4-6-19(17)20/h4-11,14-15,25H,12-13H2,1-3H3,(H2,24,26,27,28). The van der Waals surface area contributed by atoms with Crippen LogP contribution in [-0.2, 0) is 6.42 Å². The SMILES string of the molecule is Cc1ccc(Nc2cc(N(C)C)nc(NCCc3c[nH]c4ccccc34)n2)cc1. The molecule has 2 aromatic heterocycles. The van der Waals surface area contributed by atoms with Gasteiger partial charge < -0.3 is 20.5 Å². The summed E-state index contributed by atoms with van der Waals surface area (Å²) in [6, 6.07) is 18.6. The first kappa shape index (κ1) is 18.8. The highest BCUT2D eigenvalue weighted by Gasteiger charge is 2.08. The van der Waals surface area contributed by atoms with Crippen LogP contribution in [0.4, 0.5) is 23.3 Å². The van der Waals surface area contributed by atoms with Crippen LogP contribution in [0.2, 0.25) is 0 Å². The van der Waals surface area contributed by atoms with Crippen molar-refractivity contribution in [1.82, 2.24) is 15.0 Å². The predicted molar refractivity (Wildman–Crippen MR) is 121 cm³/mol. The van der Waals surface area contributed by atoms with E-state index in [1.807, 2.05) is 31.1 Å². The largest absolute Gasteiger partial charge is 0.363 e. The van der Waals surface area contributed by atoms with Crippen molar-refractivity contribution < 1.29 is 0 Å². The molecule has 0 aliphatic carbocycles. The molecule has 29 heavy (non-hydrogen) atoms. The van der Waals surface area contributed by atoms with Crippen LogP contribution in [0.1, 0.15) is 11.1 Å². The van der Waals surface area contributed by atoms with Crippen molar-refractivity contribution in [2.75, 3.05) is 36.2 Å². The van der Waals surface area contributed by atoms with Crippen LogP contribution in [0.5, 0.6) is 0 Å². The lowest BCUT2D eigenvalue weighted by Gasteiger charge is -2.15. The number of anilines is 4. The second kappa shape index (κ2) is 8.22. The molecule has 0 bridgehead atoms. The maximum atomic E-state index is 4.65. The molecule has 0 spiro atoms. The summed E-state index contributed by atoms with van der Waals surface area (Å²) in [4.78, 5) is 14.6. The third-order valence-corrected chi connectivity index (χ3v) is 4.85. The van der Waals surface area contributed by atoms with Gasteiger partial charge >= 0.3 is 0 Å². The summed E-state index contributed by atoms with van der Waals surface area (Å²) in [6.45, 7) is 2.83. The molecule has 6 heteroatoms. The van der Waals surface area contributed by atoms with Gasteiger partial charge in [-0.1, -0.05) is 35.9 Å². The number of benzene rings is 2. The summed E-state index contributed by atoms with van der Waals surface area (Å²) in [5, 5.41) is 8.01. The van der Waals surface area contributed by atoms with Crippen LogP contribution in [-0.4, -0.2) is 35.6 Å². The number of para-hydroxylation sites is 1. The smallest absolute Gasteiger partial charge is 0.226 e. The quantitative estimate of drug-likeness (QED) is 0.428. The van der Waals surface area contributed by atoms with Gasteiger partial charge in [0.25, 0.3) is 0 Å². The highest BCUT2D eigenvalue weighted by atomic mass is 15.2. The first-order valence-corrected chi connectivity index (χ1v) is 9.77. The predicted octanol–water partition coefficient (Wildman–Crippen LogP) is 4.73. The molecule has 0 saturated carbocycles. The molecular formula is C23H26N6. The molecule has 3 N–H and O–H groups in total. The van der Waals surface area contributed by atoms with Gasteiger partial charge in [0.1, 0.15) is 11.6 Å². The summed E-state index contributed by atoms with van der Waals surface area (Å²) in [5.74, 6) is 2.23. The second-order valence-corrected chi connectivity index (χ2v) is 7.36. The Kier molecular flexibility index (Phi) is 5.33. The molecular weight excluding hydrogens is 360 g/mol. The molecule has 0 aliphatic heterocycles. The molecule has 0 aliphatic rings. The number of aromatic amines is 1. The zero-order valence-electron chi connectivity index (χ0n) is 17.0. The number of nitrogens with zero attached hydrogens (tertiary/aromatic N) is 3. The summed E-state index contributed by atoms with van der Waals surface area (Å²) < 4.78 is 0. The van der Waals surface area contributed by atoms with E-state index in [0.29, 0.717) is 5.95 Å². The fourth-order valence-corrected chi connectivity index (χ4v) is 3.24. The molecule has 4 aromatic rings. The van der Waals surface area contributed by atoms with Crippen molar-refractivity contribution in [2.24, 2.45) is 0 Å². The van der Waals surface area contributed by atoms with Crippen LogP contribution in [0.25, 0.3) is 10.9 Å². The van der Waals surface area contributed by atoms with Crippen LogP contribution in [0, 0.1) is 6.92 Å². The summed E-state index contributed by atoms with van der Waals surface area (Å²) >= 11 is 0. The number of nitrogens with one attached hydrogen (secondary N) is 3. The minimum absolute atomic E-state index is 0.616. The Balaban J connectivity index is 1.48. The number of rotatable bonds is 7. The number of aryl methyl sites for hydroxylation is 1. The monoisotopic (exact) mass is 386 g/mol. The van der Waals surface area contributed by atoms with Gasteiger partial charge in [-0.25, -0.2) is 0 Å². The molecule has 2 heterocycles. The zero-order valence-corrected chi connectivity index (χ0v) is 17.0. The highest BCUT2D eigenvalue weighted by Crippen LogP contribution is 2.22. The lowest BCUT2D eigenvalue weighted by Crippen LogP contribution is -2.15. The van der Waals surface area contributed by atoms with Gasteiger partial charge in [0.2, 0.25) is 5.95 Å². The van der Waals surface area contributed by atoms with E-state index in [2.05, 4.69) is 81.2 Å². The minimum Gasteiger partial charge on any atom is -0.363 e. The van der Waals surface area contributed by atoms with Crippen LogP contribution < -0.4 is 15.5 Å². The van der Waals surface area contributed by atoms with Gasteiger partial charge in [-0.3, -0.25) is 0 Å². The van der Waals surface area contributed by atoms with Gasteiger partial charge in [-0.15, -0.1) is 0 Å². The van der Waals surface area contributed by atoms with Crippen molar-refractivity contribution in [3.05, 3.63) is 71.9 Å². The Morgan fingerprint density at radius 3 is 2.59 bits per heavy atom. The molecule has 0 atom stereocenters. The zero-order chi connectivity index (χ0) is 20.2. The first-order valence-electron chi connectivity index (χ1n) is 9.77. The number of hydrogen-bond donors (Lipinski definition) is 3. The molecule has 0 radical (unpaired) electrons. The van der Waals surface area contributed by atoms with Crippen LogP contribution >= 0.6 is 0 Å². The molecule has 0 amide bonds. The number of fused-ring (bicyclic) bond motifs is 1. The number of aromatic nitrogens is 3. The Hall–Kier alpha value is -3.54. The van der Waals surface area contributed by atoms with E-state index in [1.54, 1.807) is 0 Å². The van der Waals surface area contributed by atoms with E-state index < -0.39 is 0 Å². The molecule has 0 saturated heterocycles. The van der Waals surface area contributed by atoms with Gasteiger partial charge in [0.15, 0.2) is 0 Å². The average molecular weight is 387 g/mol. The molecule has 2 aromatic carbocycles. The molecule has 4 rings (SSSR count).